The predicted octanol–water partition coefficient (Wildman–Crippen LogP) is 5.23. The first-order chi connectivity index (χ1) is 41.4. The summed E-state index contributed by atoms with van der Waals surface area (Å²) in [6.07, 6.45) is 0.819. The third-order valence-electron chi connectivity index (χ3n) is 17.2. The van der Waals surface area contributed by atoms with Gasteiger partial charge in [0.2, 0.25) is 23.6 Å². The van der Waals surface area contributed by atoms with Crippen LogP contribution >= 0.6 is 11.6 Å². The standard InChI is InChI=1S/C62H87ClN8O16/c1-39-14-13-17-50(82-10)62(80)37-49(85-60(79)65-62)40(2)58-61(4,87-58)51(36-55(75)68(8)47-33-42(32-39)34-48(81-9)57(47)63)86-59(78)41(3)67(7)52(72)18-19-54(74)71(27-29-84-31-30-83-28-23-56(76)77)44-20-24-69(25-21-44)53(73)22-26-70-45(38-66(6)64-5)35-43-15-11-12-16-46(43)70/h11-17,33-35,40-41,44,49-51,58,64,80H,18-32,36-38H2,1-10H3,(H,65,79)(H,76,77)/b17-13+,39-14+/t40-,41+,49+,50-,51+,58?,61+,62+/m1/s1. The number of aromatic nitrogens is 1. The van der Waals surface area contributed by atoms with E-state index < -0.39 is 84.0 Å². The summed E-state index contributed by atoms with van der Waals surface area (Å²) in [4.78, 5) is 101. The van der Waals surface area contributed by atoms with Gasteiger partial charge >= 0.3 is 18.0 Å². The van der Waals surface area contributed by atoms with Crippen LogP contribution in [0.5, 0.6) is 5.75 Å². The van der Waals surface area contributed by atoms with Crippen molar-refractivity contribution in [1.29, 1.82) is 0 Å². The second kappa shape index (κ2) is 30.5. The number of piperidine rings is 1. The number of carboxylic acid groups (broad SMARTS) is 1. The van der Waals surface area contributed by atoms with Crippen LogP contribution in [0.15, 0.2) is 66.3 Å². The predicted molar refractivity (Wildman–Crippen MR) is 322 cm³/mol. The highest BCUT2D eigenvalue weighted by Gasteiger charge is 2.64. The minimum Gasteiger partial charge on any atom is -0.495 e. The van der Waals surface area contributed by atoms with Gasteiger partial charge in [-0.2, -0.15) is 0 Å². The van der Waals surface area contributed by atoms with Crippen molar-refractivity contribution in [3.63, 3.8) is 0 Å². The molecule has 0 aliphatic carbocycles. The quantitative estimate of drug-likeness (QED) is 0.0387. The number of halogens is 1. The maximum Gasteiger partial charge on any atom is 0.409 e. The smallest absolute Gasteiger partial charge is 0.409 e. The number of likely N-dealkylation sites (N-methyl/N-ethyl adjacent to an activating group) is 1. The number of carbonyl (C=O) groups excluding carboxylic acids is 6. The van der Waals surface area contributed by atoms with Crippen LogP contribution < -0.4 is 20.4 Å². The Kier molecular flexibility index (Phi) is 23.8. The van der Waals surface area contributed by atoms with Crippen LogP contribution in [0, 0.1) is 5.92 Å². The average Bonchev–Trinajstić information content (AvgIpc) is 1.92. The molecule has 7 rings (SSSR count). The lowest BCUT2D eigenvalue weighted by molar-refractivity contribution is -0.162. The first-order valence-corrected chi connectivity index (χ1v) is 30.0. The first kappa shape index (κ1) is 67.9. The molecule has 4 aliphatic rings. The van der Waals surface area contributed by atoms with E-state index in [0.717, 1.165) is 27.7 Å². The molecule has 0 radical (unpaired) electrons. The number of ether oxygens (including phenoxy) is 7. The highest BCUT2D eigenvalue weighted by atomic mass is 35.5. The number of benzene rings is 2. The number of aryl methyl sites for hydroxylation is 1. The molecule has 25 heteroatoms. The Morgan fingerprint density at radius 2 is 1.67 bits per heavy atom. The Labute approximate surface area is 513 Å². The summed E-state index contributed by atoms with van der Waals surface area (Å²) in [6.45, 7) is 9.42. The van der Waals surface area contributed by atoms with Crippen molar-refractivity contribution in [2.75, 3.05) is 93.4 Å². The number of hydrogen-bond acceptors (Lipinski definition) is 17. The number of alkyl carbamates (subject to hydrolysis) is 1. The molecule has 0 spiro atoms. The number of likely N-dealkylation sites (tertiary alicyclic amines) is 1. The summed E-state index contributed by atoms with van der Waals surface area (Å²) in [7, 11) is 9.66. The van der Waals surface area contributed by atoms with Gasteiger partial charge in [0.15, 0.2) is 5.72 Å². The molecule has 3 fully saturated rings. The minimum absolute atomic E-state index is 0.00142. The molecule has 4 bridgehead atoms. The van der Waals surface area contributed by atoms with Crippen molar-refractivity contribution < 1.29 is 76.9 Å². The van der Waals surface area contributed by atoms with Crippen LogP contribution in [0.4, 0.5) is 10.5 Å². The maximum atomic E-state index is 14.5. The normalized spacial score (nSPS) is 24.9. The van der Waals surface area contributed by atoms with Gasteiger partial charge in [-0.05, 0) is 82.3 Å². The number of fused-ring (bicyclic) bond motifs is 6. The van der Waals surface area contributed by atoms with E-state index in [4.69, 9.17) is 49.9 Å². The molecule has 1 unspecified atom stereocenters. The van der Waals surface area contributed by atoms with E-state index in [2.05, 4.69) is 33.5 Å². The van der Waals surface area contributed by atoms with Gasteiger partial charge in [0, 0.05) is 103 Å². The lowest BCUT2D eigenvalue weighted by atomic mass is 9.83. The molecule has 24 nitrogen and oxygen atoms in total. The van der Waals surface area contributed by atoms with E-state index in [1.54, 1.807) is 50.1 Å². The van der Waals surface area contributed by atoms with E-state index in [1.807, 2.05) is 49.1 Å². The van der Waals surface area contributed by atoms with Crippen molar-refractivity contribution in [3.05, 3.63) is 82.5 Å². The van der Waals surface area contributed by atoms with E-state index >= 15 is 0 Å². The van der Waals surface area contributed by atoms with Crippen molar-refractivity contribution in [1.82, 2.24) is 35.0 Å². The van der Waals surface area contributed by atoms with Crippen LogP contribution in [0.25, 0.3) is 10.9 Å². The molecule has 3 saturated heterocycles. The van der Waals surface area contributed by atoms with Crippen molar-refractivity contribution in [2.24, 2.45) is 5.92 Å². The lowest BCUT2D eigenvalue weighted by Crippen LogP contribution is -2.63. The number of para-hydroxylation sites is 1. The van der Waals surface area contributed by atoms with E-state index in [0.29, 0.717) is 56.9 Å². The number of nitrogens with one attached hydrogen (secondary N) is 2. The topological polar surface area (TPSA) is 273 Å². The molecule has 8 atom stereocenters. The average molecular weight is 1240 g/mol. The zero-order valence-electron chi connectivity index (χ0n) is 51.7. The van der Waals surface area contributed by atoms with Gasteiger partial charge in [-0.3, -0.25) is 34.7 Å². The molecule has 0 saturated carbocycles. The molecular weight excluding hydrogens is 1150 g/mol. The van der Waals surface area contributed by atoms with Crippen molar-refractivity contribution in [2.45, 2.75) is 146 Å². The molecule has 87 heavy (non-hydrogen) atoms. The van der Waals surface area contributed by atoms with Crippen LogP contribution in [0.3, 0.4) is 0 Å². The molecule has 4 N–H and O–H groups in total. The number of aliphatic hydroxyl groups is 1. The fraction of sp³-hybridized carbons (Fsp3) is 0.597. The molecule has 4 aliphatic heterocycles. The Balaban J connectivity index is 1.03. The van der Waals surface area contributed by atoms with E-state index in [1.165, 1.54) is 38.0 Å². The summed E-state index contributed by atoms with van der Waals surface area (Å²) in [6, 6.07) is 12.3. The first-order valence-electron chi connectivity index (χ1n) is 29.7. The SMILES string of the molecule is CNN(C)Cc1cc2ccccc2n1CCC(=O)N1CCC(N(CCOCCOCCC(=O)O)C(=O)CCC(=O)N(C)[C@@H](C)C(=O)O[C@H]2CC(=O)N(C)c3cc(cc(OC)c3Cl)C/C(C)=C/C=C/[C@@H](OC)[C@@]3(O)C[C@H](OC(=O)N3)[C@@H](C)C3O[C@]32C)CC1. The number of allylic oxidation sites excluding steroid dienone is 3. The fourth-order valence-electron chi connectivity index (χ4n) is 11.7. The molecule has 5 amide bonds. The Hall–Kier alpha value is -6.64. The highest BCUT2D eigenvalue weighted by molar-refractivity contribution is 6.35. The van der Waals surface area contributed by atoms with Crippen LogP contribution in [-0.2, 0) is 76.7 Å². The van der Waals surface area contributed by atoms with Gasteiger partial charge in [-0.15, -0.1) is 0 Å². The van der Waals surface area contributed by atoms with E-state index in [-0.39, 0.29) is 88.0 Å². The number of methoxy groups -OCH3 is 2. The van der Waals surface area contributed by atoms with Gasteiger partial charge in [-0.1, -0.05) is 60.5 Å². The summed E-state index contributed by atoms with van der Waals surface area (Å²) in [5.74, 6) is -3.51. The summed E-state index contributed by atoms with van der Waals surface area (Å²) >= 11 is 6.87. The van der Waals surface area contributed by atoms with Gasteiger partial charge in [0.25, 0.3) is 0 Å². The Morgan fingerprint density at radius 1 is 0.966 bits per heavy atom. The van der Waals surface area contributed by atoms with E-state index in [9.17, 15) is 38.7 Å². The number of hydrazine groups is 1. The number of anilines is 1. The fourth-order valence-corrected chi connectivity index (χ4v) is 12.0. The number of rotatable bonds is 24. The largest absolute Gasteiger partial charge is 0.495 e. The van der Waals surface area contributed by atoms with Gasteiger partial charge in [0.1, 0.15) is 40.7 Å². The summed E-state index contributed by atoms with van der Waals surface area (Å²) in [5.41, 5.74) is 3.98. The maximum absolute atomic E-state index is 14.5. The van der Waals surface area contributed by atoms with Crippen LogP contribution in [-0.4, -0.2) is 212 Å². The Bertz CT molecular complexity index is 3000. The zero-order chi connectivity index (χ0) is 63.3. The second-order valence-electron chi connectivity index (χ2n) is 23.1. The lowest BCUT2D eigenvalue weighted by Gasteiger charge is -2.42. The zero-order valence-corrected chi connectivity index (χ0v) is 52.5. The summed E-state index contributed by atoms with van der Waals surface area (Å²) in [5, 5.41) is 26.7. The number of amides is 5. The molecule has 1 aromatic heterocycles. The summed E-state index contributed by atoms with van der Waals surface area (Å²) < 4.78 is 43.0. The number of carbonyl (C=O) groups is 7. The number of hydrogen-bond donors (Lipinski definition) is 4. The number of aliphatic carboxylic acids is 1. The van der Waals surface area contributed by atoms with Crippen LogP contribution in [0.2, 0.25) is 5.02 Å². The molecular formula is C62H87ClN8O16. The number of carboxylic acids is 1. The van der Waals surface area contributed by atoms with Crippen molar-refractivity contribution >= 4 is 69.9 Å². The highest BCUT2D eigenvalue weighted by Crippen LogP contribution is 2.49. The van der Waals surface area contributed by atoms with Gasteiger partial charge < -0.3 is 67.5 Å². The number of epoxide rings is 1. The monoisotopic (exact) mass is 1230 g/mol. The molecule has 5 heterocycles. The molecule has 478 valence electrons. The molecule has 3 aromatic rings. The molecule has 2 aromatic carbocycles. The third-order valence-corrected chi connectivity index (χ3v) is 17.6. The van der Waals surface area contributed by atoms with Crippen molar-refractivity contribution in [3.8, 4) is 5.75 Å². The second-order valence-corrected chi connectivity index (χ2v) is 23.5. The third kappa shape index (κ3) is 17.2. The van der Waals surface area contributed by atoms with Gasteiger partial charge in [-0.25, -0.2) is 14.6 Å². The number of nitrogens with zero attached hydrogens (tertiary/aromatic N) is 6. The Morgan fingerprint density at radius 3 is 2.36 bits per heavy atom. The number of esters is 1. The van der Waals surface area contributed by atoms with Crippen LogP contribution in [0.1, 0.15) is 90.3 Å². The minimum atomic E-state index is -1.90. The van der Waals surface area contributed by atoms with Gasteiger partial charge in [0.05, 0.1) is 64.7 Å².